The highest BCUT2D eigenvalue weighted by atomic mass is 28.3. The normalized spacial score (nSPS) is 13.7. The summed E-state index contributed by atoms with van der Waals surface area (Å²) in [4.78, 5) is 2.34. The van der Waals surface area contributed by atoms with Gasteiger partial charge in [-0.05, 0) is 76.7 Å². The maximum absolute atomic E-state index is 2.40. The largest absolute Gasteiger partial charge is 0.311 e. The van der Waals surface area contributed by atoms with Crippen LogP contribution in [-0.2, 0) is 5.41 Å². The second-order valence-electron chi connectivity index (χ2n) is 12.9. The molecule has 1 aliphatic rings. The monoisotopic (exact) mass is 549 g/mol. The molecule has 2 heteroatoms. The minimum atomic E-state index is -1.35. The number of aryl methyl sites for hydroxylation is 1. The van der Waals surface area contributed by atoms with Gasteiger partial charge in [0.05, 0.1) is 8.07 Å². The van der Waals surface area contributed by atoms with Crippen molar-refractivity contribution >= 4 is 42.5 Å². The highest BCUT2D eigenvalue weighted by molar-refractivity contribution is 6.88. The molecule has 41 heavy (non-hydrogen) atoms. The molecule has 5 aromatic carbocycles. The molecule has 1 nitrogen and oxygen atoms in total. The van der Waals surface area contributed by atoms with Crippen LogP contribution in [0.5, 0.6) is 0 Å². The van der Waals surface area contributed by atoms with Crippen molar-refractivity contribution in [3.8, 4) is 11.1 Å². The molecule has 0 saturated carbocycles. The summed E-state index contributed by atoms with van der Waals surface area (Å²) in [6, 6.07) is 42.5. The fourth-order valence-electron chi connectivity index (χ4n) is 6.03. The summed E-state index contributed by atoms with van der Waals surface area (Å²) in [5.41, 5.74) is 12.8. The van der Waals surface area contributed by atoms with E-state index in [2.05, 4.69) is 173 Å². The van der Waals surface area contributed by atoms with Crippen molar-refractivity contribution in [3.63, 3.8) is 0 Å². The van der Waals surface area contributed by atoms with Crippen LogP contribution in [0.2, 0.25) is 19.6 Å². The molecule has 0 aromatic heterocycles. The lowest BCUT2D eigenvalue weighted by atomic mass is 9.81. The SMILES string of the molecule is Cc1ccc2c(c1)C(C)(C)c1cc(/C=C/c3ccc(N(c4ccccc4)c4ccc([Si](C)(C)C)cc4)cc3)ccc1-2. The molecule has 0 atom stereocenters. The van der Waals surface area contributed by atoms with Gasteiger partial charge >= 0.3 is 0 Å². The van der Waals surface area contributed by atoms with Gasteiger partial charge < -0.3 is 4.90 Å². The Morgan fingerprint density at radius 3 is 1.71 bits per heavy atom. The van der Waals surface area contributed by atoms with Crippen LogP contribution >= 0.6 is 0 Å². The fraction of sp³-hybridized carbons (Fsp3) is 0.179. The Bertz CT molecular complexity index is 1720. The quantitative estimate of drug-likeness (QED) is 0.150. The zero-order valence-corrected chi connectivity index (χ0v) is 26.1. The van der Waals surface area contributed by atoms with Crippen molar-refractivity contribution in [3.05, 3.63) is 143 Å². The van der Waals surface area contributed by atoms with Crippen molar-refractivity contribution in [1.82, 2.24) is 0 Å². The highest BCUT2D eigenvalue weighted by Gasteiger charge is 2.35. The first kappa shape index (κ1) is 27.0. The van der Waals surface area contributed by atoms with E-state index in [-0.39, 0.29) is 5.41 Å². The van der Waals surface area contributed by atoms with Gasteiger partial charge in [-0.2, -0.15) is 0 Å². The molecule has 204 valence electrons. The van der Waals surface area contributed by atoms with Crippen LogP contribution in [0.15, 0.2) is 115 Å². The van der Waals surface area contributed by atoms with Crippen molar-refractivity contribution in [2.24, 2.45) is 0 Å². The number of nitrogens with zero attached hydrogens (tertiary/aromatic N) is 1. The second-order valence-corrected chi connectivity index (χ2v) is 17.9. The Morgan fingerprint density at radius 1 is 0.561 bits per heavy atom. The lowest BCUT2D eigenvalue weighted by Gasteiger charge is -2.26. The van der Waals surface area contributed by atoms with E-state index in [0.29, 0.717) is 0 Å². The topological polar surface area (TPSA) is 3.24 Å². The summed E-state index contributed by atoms with van der Waals surface area (Å²) < 4.78 is 0. The summed E-state index contributed by atoms with van der Waals surface area (Å²) in [5, 5.41) is 1.48. The molecule has 0 amide bonds. The zero-order chi connectivity index (χ0) is 28.8. The highest BCUT2D eigenvalue weighted by Crippen LogP contribution is 2.49. The number of benzene rings is 5. The number of anilines is 3. The molecule has 0 heterocycles. The van der Waals surface area contributed by atoms with Crippen molar-refractivity contribution < 1.29 is 0 Å². The molecule has 0 bridgehead atoms. The van der Waals surface area contributed by atoms with E-state index >= 15 is 0 Å². The van der Waals surface area contributed by atoms with Crippen molar-refractivity contribution in [2.75, 3.05) is 4.90 Å². The minimum absolute atomic E-state index is 0.0103. The molecular weight excluding hydrogens is 511 g/mol. The lowest BCUT2D eigenvalue weighted by molar-refractivity contribution is 0.659. The van der Waals surface area contributed by atoms with E-state index in [0.717, 1.165) is 11.4 Å². The third-order valence-electron chi connectivity index (χ3n) is 8.48. The Hall–Kier alpha value is -4.14. The number of fused-ring (bicyclic) bond motifs is 3. The molecule has 6 rings (SSSR count). The number of hydrogen-bond donors (Lipinski definition) is 0. The Labute approximate surface area is 246 Å². The Balaban J connectivity index is 1.27. The number of hydrogen-bond acceptors (Lipinski definition) is 1. The molecule has 0 unspecified atom stereocenters. The molecule has 0 spiro atoms. The molecule has 0 fully saturated rings. The predicted octanol–water partition coefficient (Wildman–Crippen LogP) is 10.5. The van der Waals surface area contributed by atoms with Gasteiger partial charge in [-0.3, -0.25) is 0 Å². The Kier molecular flexibility index (Phi) is 6.83. The van der Waals surface area contributed by atoms with Gasteiger partial charge in [-0.1, -0.05) is 135 Å². The zero-order valence-electron chi connectivity index (χ0n) is 25.1. The van der Waals surface area contributed by atoms with Gasteiger partial charge in [0.25, 0.3) is 0 Å². The first-order valence-electron chi connectivity index (χ1n) is 14.6. The first-order chi connectivity index (χ1) is 19.6. The van der Waals surface area contributed by atoms with Crippen LogP contribution < -0.4 is 10.1 Å². The van der Waals surface area contributed by atoms with Gasteiger partial charge in [0, 0.05) is 22.5 Å². The standard InChI is InChI=1S/C39H39NSi/c1-28-12-24-35-36-25-17-30(27-38(36)39(2,3)37(35)26-28)14-13-29-15-18-32(19-16-29)40(31-10-8-7-9-11-31)33-20-22-34(23-21-33)41(4,5)6/h7-27H,1-6H3/b14-13+. The van der Waals surface area contributed by atoms with Crippen LogP contribution in [0, 0.1) is 6.92 Å². The van der Waals surface area contributed by atoms with E-state index < -0.39 is 8.07 Å². The van der Waals surface area contributed by atoms with Gasteiger partial charge in [0.15, 0.2) is 0 Å². The summed E-state index contributed by atoms with van der Waals surface area (Å²) in [6.07, 6.45) is 4.46. The van der Waals surface area contributed by atoms with E-state index in [4.69, 9.17) is 0 Å². The fourth-order valence-corrected chi connectivity index (χ4v) is 7.20. The smallest absolute Gasteiger partial charge is 0.0775 e. The van der Waals surface area contributed by atoms with E-state index in [1.807, 2.05) is 0 Å². The first-order valence-corrected chi connectivity index (χ1v) is 18.1. The van der Waals surface area contributed by atoms with Gasteiger partial charge in [0.1, 0.15) is 0 Å². The average Bonchev–Trinajstić information content (AvgIpc) is 3.18. The maximum atomic E-state index is 2.40. The van der Waals surface area contributed by atoms with Gasteiger partial charge in [-0.15, -0.1) is 0 Å². The van der Waals surface area contributed by atoms with Gasteiger partial charge in [0.2, 0.25) is 0 Å². The maximum Gasteiger partial charge on any atom is 0.0775 e. The average molecular weight is 550 g/mol. The number of para-hydroxylation sites is 1. The molecule has 0 radical (unpaired) electrons. The molecule has 0 N–H and O–H groups in total. The Morgan fingerprint density at radius 2 is 1.07 bits per heavy atom. The molecule has 5 aromatic rings. The van der Waals surface area contributed by atoms with E-state index in [1.165, 1.54) is 49.8 Å². The predicted molar refractivity (Wildman–Crippen MR) is 182 cm³/mol. The van der Waals surface area contributed by atoms with Crippen molar-refractivity contribution in [2.45, 2.75) is 45.8 Å². The number of rotatable bonds is 6. The summed E-state index contributed by atoms with van der Waals surface area (Å²) in [5.74, 6) is 0. The van der Waals surface area contributed by atoms with E-state index in [9.17, 15) is 0 Å². The lowest BCUT2D eigenvalue weighted by Crippen LogP contribution is -2.37. The summed E-state index contributed by atoms with van der Waals surface area (Å²) in [7, 11) is -1.35. The van der Waals surface area contributed by atoms with Crippen LogP contribution in [-0.4, -0.2) is 8.07 Å². The van der Waals surface area contributed by atoms with Crippen molar-refractivity contribution in [1.29, 1.82) is 0 Å². The van der Waals surface area contributed by atoms with E-state index in [1.54, 1.807) is 0 Å². The molecular formula is C39H39NSi. The van der Waals surface area contributed by atoms with Crippen LogP contribution in [0.3, 0.4) is 0 Å². The summed E-state index contributed by atoms with van der Waals surface area (Å²) >= 11 is 0. The molecule has 1 aliphatic carbocycles. The second kappa shape index (κ2) is 10.4. The minimum Gasteiger partial charge on any atom is -0.311 e. The third kappa shape index (κ3) is 5.21. The molecule has 0 aliphatic heterocycles. The van der Waals surface area contributed by atoms with Crippen LogP contribution in [0.1, 0.15) is 41.7 Å². The van der Waals surface area contributed by atoms with Gasteiger partial charge in [-0.25, -0.2) is 0 Å². The third-order valence-corrected chi connectivity index (χ3v) is 10.5. The van der Waals surface area contributed by atoms with Crippen LogP contribution in [0.4, 0.5) is 17.1 Å². The van der Waals surface area contributed by atoms with Crippen LogP contribution in [0.25, 0.3) is 23.3 Å². The molecule has 0 saturated heterocycles. The summed E-state index contributed by atoms with van der Waals surface area (Å²) in [6.45, 7) is 14.1.